The van der Waals surface area contributed by atoms with Crippen molar-refractivity contribution in [3.63, 3.8) is 0 Å². The second kappa shape index (κ2) is 9.89. The maximum Gasteiger partial charge on any atom is 0.289 e. The molecule has 0 saturated heterocycles. The van der Waals surface area contributed by atoms with Crippen molar-refractivity contribution in [1.82, 2.24) is 15.6 Å². The van der Waals surface area contributed by atoms with Crippen LogP contribution in [0.4, 0.5) is 0 Å². The Labute approximate surface area is 169 Å². The Morgan fingerprint density at radius 2 is 1.93 bits per heavy atom. The predicted octanol–water partition coefficient (Wildman–Crippen LogP) is 3.91. The van der Waals surface area contributed by atoms with Gasteiger partial charge in [0.05, 0.1) is 19.4 Å². The highest BCUT2D eigenvalue weighted by molar-refractivity contribution is 5.94. The molecule has 7 nitrogen and oxygen atoms in total. The Bertz CT molecular complexity index is 1020. The van der Waals surface area contributed by atoms with Crippen LogP contribution in [-0.2, 0) is 0 Å². The van der Waals surface area contributed by atoms with Crippen molar-refractivity contribution < 1.29 is 14.3 Å². The molecule has 0 bridgehead atoms. The lowest BCUT2D eigenvalue weighted by molar-refractivity contribution is 0.0950. The Morgan fingerprint density at radius 1 is 1.17 bits per heavy atom. The topological polar surface area (TPSA) is 88.6 Å². The van der Waals surface area contributed by atoms with Crippen LogP contribution in [0.2, 0.25) is 0 Å². The van der Waals surface area contributed by atoms with Crippen molar-refractivity contribution in [3.05, 3.63) is 71.9 Å². The number of methoxy groups -OCH3 is 1. The summed E-state index contributed by atoms with van der Waals surface area (Å²) in [6, 6.07) is 16.8. The average Bonchev–Trinajstić information content (AvgIpc) is 3.24. The number of nitrogens with one attached hydrogen (secondary N) is 2. The number of allylic oxidation sites excluding steroid dienone is 1. The van der Waals surface area contributed by atoms with Gasteiger partial charge in [0, 0.05) is 17.3 Å². The Morgan fingerprint density at radius 3 is 2.72 bits per heavy atom. The van der Waals surface area contributed by atoms with E-state index in [2.05, 4.69) is 20.7 Å². The minimum atomic E-state index is -0.389. The largest absolute Gasteiger partial charge is 0.496 e. The fourth-order valence-corrected chi connectivity index (χ4v) is 2.69. The van der Waals surface area contributed by atoms with E-state index >= 15 is 0 Å². The lowest BCUT2D eigenvalue weighted by atomic mass is 10.1. The van der Waals surface area contributed by atoms with E-state index in [0.717, 1.165) is 16.9 Å². The summed E-state index contributed by atoms with van der Waals surface area (Å²) in [5.74, 6) is 1.09. The smallest absolute Gasteiger partial charge is 0.289 e. The number of carbonyl (C=O) groups is 1. The Kier molecular flexibility index (Phi) is 6.78. The second-order valence-electron chi connectivity index (χ2n) is 5.92. The van der Waals surface area contributed by atoms with Gasteiger partial charge in [-0.25, -0.2) is 5.43 Å². The molecule has 0 saturated carbocycles. The molecule has 3 aromatic rings. The number of benzene rings is 2. The number of amides is 1. The SMILES string of the molecule is CCOc1ccccc1-c1cc(C(=O)NN=CC=Cc2ccccc2OC)[nH]n1. The summed E-state index contributed by atoms with van der Waals surface area (Å²) < 4.78 is 10.9. The van der Waals surface area contributed by atoms with Gasteiger partial charge < -0.3 is 9.47 Å². The van der Waals surface area contributed by atoms with Crippen LogP contribution < -0.4 is 14.9 Å². The maximum atomic E-state index is 12.3. The number of para-hydroxylation sites is 2. The minimum Gasteiger partial charge on any atom is -0.496 e. The second-order valence-corrected chi connectivity index (χ2v) is 5.92. The average molecular weight is 390 g/mol. The zero-order chi connectivity index (χ0) is 20.5. The molecule has 1 heterocycles. The highest BCUT2D eigenvalue weighted by atomic mass is 16.5. The van der Waals surface area contributed by atoms with Gasteiger partial charge in [-0.15, -0.1) is 0 Å². The number of aromatic nitrogens is 2. The number of H-pyrrole nitrogens is 1. The van der Waals surface area contributed by atoms with Crippen LogP contribution in [0.25, 0.3) is 17.3 Å². The van der Waals surface area contributed by atoms with E-state index in [9.17, 15) is 4.79 Å². The quantitative estimate of drug-likeness (QED) is 0.451. The van der Waals surface area contributed by atoms with Crippen molar-refractivity contribution in [3.8, 4) is 22.8 Å². The van der Waals surface area contributed by atoms with Crippen molar-refractivity contribution >= 4 is 18.2 Å². The molecule has 29 heavy (non-hydrogen) atoms. The molecule has 7 heteroatoms. The number of carbonyl (C=O) groups excluding carboxylic acids is 1. The summed E-state index contributed by atoms with van der Waals surface area (Å²) in [5, 5.41) is 10.9. The van der Waals surface area contributed by atoms with Crippen LogP contribution in [0, 0.1) is 0 Å². The zero-order valence-corrected chi connectivity index (χ0v) is 16.3. The normalized spacial score (nSPS) is 11.1. The van der Waals surface area contributed by atoms with Gasteiger partial charge in [-0.05, 0) is 43.3 Å². The molecule has 3 rings (SSSR count). The molecule has 2 N–H and O–H groups in total. The van der Waals surface area contributed by atoms with Crippen molar-refractivity contribution in [2.24, 2.45) is 5.10 Å². The third kappa shape index (κ3) is 5.10. The molecule has 0 aliphatic carbocycles. The highest BCUT2D eigenvalue weighted by Gasteiger charge is 2.13. The minimum absolute atomic E-state index is 0.303. The standard InChI is InChI=1S/C22H22N4O3/c1-3-29-21-13-7-5-11-17(21)18-15-19(25-24-18)22(27)26-23-14-8-10-16-9-4-6-12-20(16)28-2/h4-15H,3H2,1-2H3,(H,24,25)(H,26,27). The highest BCUT2D eigenvalue weighted by Crippen LogP contribution is 2.28. The lowest BCUT2D eigenvalue weighted by Gasteiger charge is -2.07. The van der Waals surface area contributed by atoms with E-state index in [-0.39, 0.29) is 5.91 Å². The summed E-state index contributed by atoms with van der Waals surface area (Å²) in [6.45, 7) is 2.46. The van der Waals surface area contributed by atoms with Gasteiger partial charge in [-0.3, -0.25) is 9.89 Å². The summed E-state index contributed by atoms with van der Waals surface area (Å²) >= 11 is 0. The number of hydrogen-bond acceptors (Lipinski definition) is 5. The first kappa shape index (κ1) is 19.9. The van der Waals surface area contributed by atoms with Crippen LogP contribution >= 0.6 is 0 Å². The molecule has 0 aliphatic rings. The molecular weight excluding hydrogens is 368 g/mol. The van der Waals surface area contributed by atoms with E-state index in [1.807, 2.05) is 61.5 Å². The molecular formula is C22H22N4O3. The van der Waals surface area contributed by atoms with Gasteiger partial charge in [0.2, 0.25) is 0 Å². The summed E-state index contributed by atoms with van der Waals surface area (Å²) in [4.78, 5) is 12.3. The van der Waals surface area contributed by atoms with Crippen molar-refractivity contribution in [2.75, 3.05) is 13.7 Å². The third-order valence-electron chi connectivity index (χ3n) is 4.03. The number of ether oxygens (including phenoxy) is 2. The summed E-state index contributed by atoms with van der Waals surface area (Å²) in [5.41, 5.74) is 5.12. The number of rotatable bonds is 8. The van der Waals surface area contributed by atoms with Gasteiger partial charge in [0.25, 0.3) is 5.91 Å². The molecule has 1 aromatic heterocycles. The van der Waals surface area contributed by atoms with Gasteiger partial charge in [-0.2, -0.15) is 10.2 Å². The number of hydrogen-bond donors (Lipinski definition) is 2. The summed E-state index contributed by atoms with van der Waals surface area (Å²) in [7, 11) is 1.62. The fourth-order valence-electron chi connectivity index (χ4n) is 2.69. The van der Waals surface area contributed by atoms with E-state index in [1.54, 1.807) is 19.3 Å². The van der Waals surface area contributed by atoms with Crippen molar-refractivity contribution in [2.45, 2.75) is 6.92 Å². The summed E-state index contributed by atoms with van der Waals surface area (Å²) in [6.07, 6.45) is 5.05. The molecule has 0 spiro atoms. The predicted molar refractivity (Wildman–Crippen MR) is 113 cm³/mol. The van der Waals surface area contributed by atoms with E-state index < -0.39 is 0 Å². The molecule has 1 amide bonds. The van der Waals surface area contributed by atoms with E-state index in [4.69, 9.17) is 9.47 Å². The van der Waals surface area contributed by atoms with E-state index in [1.165, 1.54) is 6.21 Å². The zero-order valence-electron chi connectivity index (χ0n) is 16.3. The number of nitrogens with zero attached hydrogens (tertiary/aromatic N) is 2. The lowest BCUT2D eigenvalue weighted by Crippen LogP contribution is -2.17. The van der Waals surface area contributed by atoms with Crippen LogP contribution in [0.15, 0.2) is 65.8 Å². The number of hydrazone groups is 1. The van der Waals surface area contributed by atoms with Crippen LogP contribution in [-0.4, -0.2) is 36.0 Å². The maximum absolute atomic E-state index is 12.3. The Hall–Kier alpha value is -3.87. The Balaban J connectivity index is 1.62. The first-order valence-electron chi connectivity index (χ1n) is 9.13. The van der Waals surface area contributed by atoms with Gasteiger partial charge in [0.1, 0.15) is 17.2 Å². The van der Waals surface area contributed by atoms with E-state index in [0.29, 0.717) is 23.7 Å². The monoisotopic (exact) mass is 390 g/mol. The fraction of sp³-hybridized carbons (Fsp3) is 0.136. The first-order valence-corrected chi connectivity index (χ1v) is 9.13. The van der Waals surface area contributed by atoms with Gasteiger partial charge >= 0.3 is 0 Å². The molecule has 0 aliphatic heterocycles. The third-order valence-corrected chi connectivity index (χ3v) is 4.03. The molecule has 2 aromatic carbocycles. The van der Waals surface area contributed by atoms with Crippen LogP contribution in [0.1, 0.15) is 23.0 Å². The number of aromatic amines is 1. The molecule has 0 fully saturated rings. The van der Waals surface area contributed by atoms with Gasteiger partial charge in [0.15, 0.2) is 0 Å². The van der Waals surface area contributed by atoms with Crippen LogP contribution in [0.5, 0.6) is 11.5 Å². The van der Waals surface area contributed by atoms with Gasteiger partial charge in [-0.1, -0.05) is 30.3 Å². The van der Waals surface area contributed by atoms with Crippen LogP contribution in [0.3, 0.4) is 0 Å². The first-order chi connectivity index (χ1) is 14.2. The molecule has 0 radical (unpaired) electrons. The molecule has 0 unspecified atom stereocenters. The molecule has 148 valence electrons. The van der Waals surface area contributed by atoms with Crippen molar-refractivity contribution in [1.29, 1.82) is 0 Å². The molecule has 0 atom stereocenters.